The fourth-order valence-electron chi connectivity index (χ4n) is 2.35. The van der Waals surface area contributed by atoms with Gasteiger partial charge in [-0.25, -0.2) is 0 Å². The van der Waals surface area contributed by atoms with Crippen molar-refractivity contribution in [3.63, 3.8) is 0 Å². The molecular formula is C11H20N2. The van der Waals surface area contributed by atoms with E-state index in [1.165, 1.54) is 19.3 Å². The van der Waals surface area contributed by atoms with Gasteiger partial charge in [0.15, 0.2) is 0 Å². The SMILES string of the molecule is CC(CC#N)N1CCCCC1(C)C. The molecule has 0 aliphatic carbocycles. The van der Waals surface area contributed by atoms with Crippen LogP contribution in [0, 0.1) is 11.3 Å². The molecule has 13 heavy (non-hydrogen) atoms. The van der Waals surface area contributed by atoms with Gasteiger partial charge in [0.25, 0.3) is 0 Å². The molecule has 2 nitrogen and oxygen atoms in total. The van der Waals surface area contributed by atoms with Crippen molar-refractivity contribution < 1.29 is 0 Å². The summed E-state index contributed by atoms with van der Waals surface area (Å²) in [6, 6.07) is 2.68. The molecule has 0 amide bonds. The molecule has 0 aromatic carbocycles. The molecule has 1 heterocycles. The van der Waals surface area contributed by atoms with Crippen LogP contribution in [0.25, 0.3) is 0 Å². The second-order valence-corrected chi connectivity index (χ2v) is 4.67. The standard InChI is InChI=1S/C11H20N2/c1-10(6-8-12)13-9-5-4-7-11(13,2)3/h10H,4-7,9H2,1-3H3. The van der Waals surface area contributed by atoms with E-state index in [0.29, 0.717) is 18.0 Å². The first-order valence-electron chi connectivity index (χ1n) is 5.21. The summed E-state index contributed by atoms with van der Waals surface area (Å²) in [6.45, 7) is 7.91. The van der Waals surface area contributed by atoms with Crippen molar-refractivity contribution in [1.29, 1.82) is 5.26 Å². The van der Waals surface area contributed by atoms with Crippen LogP contribution in [0.5, 0.6) is 0 Å². The number of hydrogen-bond acceptors (Lipinski definition) is 2. The van der Waals surface area contributed by atoms with Gasteiger partial charge in [0.2, 0.25) is 0 Å². The summed E-state index contributed by atoms with van der Waals surface area (Å²) >= 11 is 0. The zero-order valence-electron chi connectivity index (χ0n) is 9.01. The average molecular weight is 180 g/mol. The topological polar surface area (TPSA) is 27.0 Å². The fraction of sp³-hybridized carbons (Fsp3) is 0.909. The van der Waals surface area contributed by atoms with Gasteiger partial charge in [0.05, 0.1) is 12.5 Å². The van der Waals surface area contributed by atoms with Gasteiger partial charge < -0.3 is 0 Å². The van der Waals surface area contributed by atoms with Crippen molar-refractivity contribution in [2.75, 3.05) is 6.54 Å². The number of nitriles is 1. The Bertz CT molecular complexity index is 203. The second-order valence-electron chi connectivity index (χ2n) is 4.67. The van der Waals surface area contributed by atoms with E-state index >= 15 is 0 Å². The number of nitrogens with zero attached hydrogens (tertiary/aromatic N) is 2. The zero-order chi connectivity index (χ0) is 9.90. The van der Waals surface area contributed by atoms with Gasteiger partial charge >= 0.3 is 0 Å². The molecule has 0 saturated carbocycles. The third-order valence-corrected chi connectivity index (χ3v) is 3.13. The zero-order valence-corrected chi connectivity index (χ0v) is 9.01. The molecule has 2 heteroatoms. The Morgan fingerprint density at radius 1 is 1.46 bits per heavy atom. The number of likely N-dealkylation sites (tertiary alicyclic amines) is 1. The van der Waals surface area contributed by atoms with E-state index in [1.54, 1.807) is 0 Å². The van der Waals surface area contributed by atoms with Gasteiger partial charge in [-0.2, -0.15) is 5.26 Å². The molecule has 1 atom stereocenters. The van der Waals surface area contributed by atoms with E-state index in [9.17, 15) is 0 Å². The number of hydrogen-bond donors (Lipinski definition) is 0. The van der Waals surface area contributed by atoms with Gasteiger partial charge in [0, 0.05) is 11.6 Å². The molecule has 1 aliphatic rings. The minimum atomic E-state index is 0.300. The maximum absolute atomic E-state index is 8.66. The second kappa shape index (κ2) is 4.11. The molecule has 0 aromatic rings. The first-order chi connectivity index (χ1) is 6.08. The summed E-state index contributed by atoms with van der Waals surface area (Å²) in [5.41, 5.74) is 0.300. The highest BCUT2D eigenvalue weighted by Gasteiger charge is 2.32. The third-order valence-electron chi connectivity index (χ3n) is 3.13. The molecule has 74 valence electrons. The molecule has 0 aromatic heterocycles. The van der Waals surface area contributed by atoms with E-state index in [0.717, 1.165) is 6.54 Å². The summed E-state index contributed by atoms with van der Waals surface area (Å²) in [5.74, 6) is 0. The van der Waals surface area contributed by atoms with Crippen LogP contribution in [0.15, 0.2) is 0 Å². The number of piperidine rings is 1. The summed E-state index contributed by atoms with van der Waals surface area (Å²) in [4.78, 5) is 2.49. The lowest BCUT2D eigenvalue weighted by Gasteiger charge is -2.45. The highest BCUT2D eigenvalue weighted by Crippen LogP contribution is 2.29. The molecule has 0 spiro atoms. The van der Waals surface area contributed by atoms with E-state index in [1.807, 2.05) is 0 Å². The average Bonchev–Trinajstić information content (AvgIpc) is 2.03. The van der Waals surface area contributed by atoms with Crippen LogP contribution >= 0.6 is 0 Å². The van der Waals surface area contributed by atoms with Crippen LogP contribution in [0.3, 0.4) is 0 Å². The van der Waals surface area contributed by atoms with Crippen molar-refractivity contribution in [3.8, 4) is 6.07 Å². The smallest absolute Gasteiger partial charge is 0.0638 e. The molecule has 0 radical (unpaired) electrons. The molecule has 0 N–H and O–H groups in total. The van der Waals surface area contributed by atoms with Crippen molar-refractivity contribution in [2.24, 2.45) is 0 Å². The first kappa shape index (κ1) is 10.5. The Labute approximate surface area is 81.5 Å². The van der Waals surface area contributed by atoms with Gasteiger partial charge in [-0.05, 0) is 40.2 Å². The monoisotopic (exact) mass is 180 g/mol. The molecule has 1 fully saturated rings. The third kappa shape index (κ3) is 2.45. The summed E-state index contributed by atoms with van der Waals surface area (Å²) < 4.78 is 0. The van der Waals surface area contributed by atoms with Crippen molar-refractivity contribution in [1.82, 2.24) is 4.90 Å². The van der Waals surface area contributed by atoms with Crippen molar-refractivity contribution >= 4 is 0 Å². The molecule has 1 aliphatic heterocycles. The quantitative estimate of drug-likeness (QED) is 0.653. The summed E-state index contributed by atoms with van der Waals surface area (Å²) in [7, 11) is 0. The van der Waals surface area contributed by atoms with Crippen LogP contribution in [-0.2, 0) is 0 Å². The minimum Gasteiger partial charge on any atom is -0.295 e. The van der Waals surface area contributed by atoms with E-state index < -0.39 is 0 Å². The summed E-state index contributed by atoms with van der Waals surface area (Å²) in [6.07, 6.45) is 4.55. The lowest BCUT2D eigenvalue weighted by Crippen LogP contribution is -2.51. The van der Waals surface area contributed by atoms with Crippen LogP contribution < -0.4 is 0 Å². The first-order valence-corrected chi connectivity index (χ1v) is 5.21. The van der Waals surface area contributed by atoms with Gasteiger partial charge in [-0.15, -0.1) is 0 Å². The molecule has 0 bridgehead atoms. The highest BCUT2D eigenvalue weighted by molar-refractivity contribution is 4.91. The predicted molar refractivity (Wildman–Crippen MR) is 54.3 cm³/mol. The molecule has 1 saturated heterocycles. The largest absolute Gasteiger partial charge is 0.295 e. The van der Waals surface area contributed by atoms with E-state index in [-0.39, 0.29) is 0 Å². The molecule has 1 rings (SSSR count). The van der Waals surface area contributed by atoms with E-state index in [2.05, 4.69) is 31.7 Å². The molecule has 1 unspecified atom stereocenters. The minimum absolute atomic E-state index is 0.300. The van der Waals surface area contributed by atoms with Gasteiger partial charge in [-0.1, -0.05) is 6.42 Å². The Morgan fingerprint density at radius 3 is 2.69 bits per heavy atom. The van der Waals surface area contributed by atoms with Crippen LogP contribution in [0.2, 0.25) is 0 Å². The van der Waals surface area contributed by atoms with Crippen LogP contribution in [0.4, 0.5) is 0 Å². The van der Waals surface area contributed by atoms with Gasteiger partial charge in [-0.3, -0.25) is 4.90 Å². The maximum Gasteiger partial charge on any atom is 0.0638 e. The van der Waals surface area contributed by atoms with Gasteiger partial charge in [0.1, 0.15) is 0 Å². The van der Waals surface area contributed by atoms with Crippen molar-refractivity contribution in [2.45, 2.75) is 58.0 Å². The highest BCUT2D eigenvalue weighted by atomic mass is 15.2. The Morgan fingerprint density at radius 2 is 2.15 bits per heavy atom. The normalized spacial score (nSPS) is 25.1. The van der Waals surface area contributed by atoms with Crippen LogP contribution in [0.1, 0.15) is 46.5 Å². The fourth-order valence-corrected chi connectivity index (χ4v) is 2.35. The lowest BCUT2D eigenvalue weighted by molar-refractivity contribution is 0.0417. The maximum atomic E-state index is 8.66. The molecular weight excluding hydrogens is 160 g/mol. The Kier molecular flexibility index (Phi) is 3.33. The number of rotatable bonds is 2. The Balaban J connectivity index is 2.60. The predicted octanol–water partition coefficient (Wildman–Crippen LogP) is 2.55. The lowest BCUT2D eigenvalue weighted by atomic mass is 9.88. The summed E-state index contributed by atoms with van der Waals surface area (Å²) in [5, 5.41) is 8.66. The van der Waals surface area contributed by atoms with Crippen molar-refractivity contribution in [3.05, 3.63) is 0 Å². The van der Waals surface area contributed by atoms with E-state index in [4.69, 9.17) is 5.26 Å². The Hall–Kier alpha value is -0.550. The van der Waals surface area contributed by atoms with Crippen LogP contribution in [-0.4, -0.2) is 23.0 Å².